The van der Waals surface area contributed by atoms with Crippen LogP contribution in [0, 0.1) is 17.3 Å². The first-order valence-electron chi connectivity index (χ1n) is 10.8. The van der Waals surface area contributed by atoms with Gasteiger partial charge in [0.2, 0.25) is 5.79 Å². The molecule has 1 N–H and O–H groups in total. The minimum atomic E-state index is -0.795. The number of hydrogen-bond donors (Lipinski definition) is 1. The molecule has 2 bridgehead atoms. The fraction of sp³-hybridized carbons (Fsp3) is 0.818. The fourth-order valence-corrected chi connectivity index (χ4v) is 7.58. The molecule has 0 aromatic heterocycles. The lowest BCUT2D eigenvalue weighted by molar-refractivity contribution is -0.385. The Morgan fingerprint density at radius 1 is 1.29 bits per heavy atom. The molecule has 0 amide bonds. The molecule has 3 aliphatic carbocycles. The SMILES string of the molecule is COC1=C2O[C@H]3[C@@]4(CCC5(O)[C@H]6CC(C=C1)C2[C@@]35CCN6C)OCC[C@@H](C)O4. The largest absolute Gasteiger partial charge is 0.493 e. The zero-order valence-corrected chi connectivity index (χ0v) is 17.0. The van der Waals surface area contributed by atoms with E-state index in [4.69, 9.17) is 18.9 Å². The third-order valence-electron chi connectivity index (χ3n) is 8.72. The van der Waals surface area contributed by atoms with Crippen LogP contribution < -0.4 is 0 Å². The summed E-state index contributed by atoms with van der Waals surface area (Å²) >= 11 is 0. The summed E-state index contributed by atoms with van der Waals surface area (Å²) in [6.45, 7) is 3.76. The highest BCUT2D eigenvalue weighted by Gasteiger charge is 2.80. The van der Waals surface area contributed by atoms with E-state index in [2.05, 4.69) is 31.0 Å². The maximum Gasteiger partial charge on any atom is 0.206 e. The van der Waals surface area contributed by atoms with E-state index in [1.54, 1.807) is 7.11 Å². The number of aliphatic hydroxyl groups is 1. The summed E-state index contributed by atoms with van der Waals surface area (Å²) in [6, 6.07) is 0.139. The van der Waals surface area contributed by atoms with E-state index in [1.807, 2.05) is 0 Å². The van der Waals surface area contributed by atoms with Crippen LogP contribution in [0.5, 0.6) is 0 Å². The summed E-state index contributed by atoms with van der Waals surface area (Å²) in [7, 11) is 3.86. The number of likely N-dealkylation sites (tertiary alicyclic amines) is 1. The normalized spacial score (nSPS) is 54.5. The number of piperidine rings is 1. The molecule has 2 saturated carbocycles. The summed E-state index contributed by atoms with van der Waals surface area (Å²) in [5.74, 6) is 1.42. The second-order valence-electron chi connectivity index (χ2n) is 9.76. The second-order valence-corrected chi connectivity index (χ2v) is 9.76. The van der Waals surface area contributed by atoms with Gasteiger partial charge in [-0.3, -0.25) is 0 Å². The topological polar surface area (TPSA) is 60.4 Å². The van der Waals surface area contributed by atoms with Gasteiger partial charge in [0, 0.05) is 18.4 Å². The van der Waals surface area contributed by atoms with E-state index in [1.165, 1.54) is 0 Å². The van der Waals surface area contributed by atoms with Gasteiger partial charge in [-0.05, 0) is 58.2 Å². The molecule has 3 saturated heterocycles. The van der Waals surface area contributed by atoms with Crippen molar-refractivity contribution in [2.45, 2.75) is 68.7 Å². The number of rotatable bonds is 1. The molecule has 0 aromatic rings. The Labute approximate surface area is 166 Å². The Morgan fingerprint density at radius 2 is 2.14 bits per heavy atom. The van der Waals surface area contributed by atoms with E-state index >= 15 is 0 Å². The first-order chi connectivity index (χ1) is 13.5. The molecule has 154 valence electrons. The molecular formula is C22H31NO5. The van der Waals surface area contributed by atoms with Crippen LogP contribution in [0.4, 0.5) is 0 Å². The number of likely N-dealkylation sites (N-methyl/N-ethyl adjacent to an activating group) is 1. The quantitative estimate of drug-likeness (QED) is 0.742. The molecule has 0 aromatic carbocycles. The van der Waals surface area contributed by atoms with E-state index < -0.39 is 16.8 Å². The molecule has 6 heteroatoms. The fourth-order valence-electron chi connectivity index (χ4n) is 7.58. The number of hydrogen-bond acceptors (Lipinski definition) is 6. The average Bonchev–Trinajstić information content (AvgIpc) is 3.04. The third-order valence-corrected chi connectivity index (χ3v) is 8.72. The van der Waals surface area contributed by atoms with Crippen LogP contribution in [-0.2, 0) is 18.9 Å². The first-order valence-corrected chi connectivity index (χ1v) is 10.8. The Hall–Kier alpha value is -1.08. The molecule has 6 nitrogen and oxygen atoms in total. The standard InChI is InChI=1S/C22H31NO5/c1-13-6-11-26-22(28-13)8-7-21(24)16-12-14-4-5-15(25-3)18-17(14)20(21,19(22)27-18)9-10-23(16)2/h4-5,13-14,16-17,19,24H,6-12H2,1-3H3/t13-,14?,16-,17?,19-,20+,21?,22+/m1/s1. The smallest absolute Gasteiger partial charge is 0.206 e. The molecule has 0 radical (unpaired) electrons. The summed E-state index contributed by atoms with van der Waals surface area (Å²) in [4.78, 5) is 2.36. The van der Waals surface area contributed by atoms with Crippen LogP contribution in [0.3, 0.4) is 0 Å². The highest BCUT2D eigenvalue weighted by Crippen LogP contribution is 2.72. The number of fused-ring (bicyclic) bond motifs is 1. The molecule has 28 heavy (non-hydrogen) atoms. The molecule has 3 aliphatic heterocycles. The Balaban J connectivity index is 1.56. The van der Waals surface area contributed by atoms with E-state index in [-0.39, 0.29) is 24.2 Å². The van der Waals surface area contributed by atoms with Gasteiger partial charge in [0.15, 0.2) is 11.9 Å². The minimum absolute atomic E-state index is 0.133. The molecule has 3 unspecified atom stereocenters. The lowest BCUT2D eigenvalue weighted by atomic mass is 9.43. The van der Waals surface area contributed by atoms with Gasteiger partial charge in [0.25, 0.3) is 0 Å². The van der Waals surface area contributed by atoms with Crippen molar-refractivity contribution in [2.75, 3.05) is 27.3 Å². The minimum Gasteiger partial charge on any atom is -0.493 e. The zero-order valence-electron chi connectivity index (χ0n) is 17.0. The van der Waals surface area contributed by atoms with Gasteiger partial charge < -0.3 is 29.0 Å². The third kappa shape index (κ3) is 1.84. The highest BCUT2D eigenvalue weighted by molar-refractivity contribution is 5.39. The lowest BCUT2D eigenvalue weighted by Crippen LogP contribution is -2.79. The second kappa shape index (κ2) is 5.54. The van der Waals surface area contributed by atoms with E-state index in [0.29, 0.717) is 25.4 Å². The van der Waals surface area contributed by atoms with Gasteiger partial charge in [-0.15, -0.1) is 0 Å². The van der Waals surface area contributed by atoms with Crippen LogP contribution in [0.2, 0.25) is 0 Å². The van der Waals surface area contributed by atoms with Gasteiger partial charge in [-0.25, -0.2) is 0 Å². The van der Waals surface area contributed by atoms with E-state index in [9.17, 15) is 5.11 Å². The number of allylic oxidation sites excluding steroid dienone is 3. The maximum atomic E-state index is 12.3. The van der Waals surface area contributed by atoms with Gasteiger partial charge >= 0.3 is 0 Å². The van der Waals surface area contributed by atoms with Crippen LogP contribution in [0.25, 0.3) is 0 Å². The Bertz CT molecular complexity index is 766. The van der Waals surface area contributed by atoms with E-state index in [0.717, 1.165) is 37.3 Å². The Morgan fingerprint density at radius 3 is 2.93 bits per heavy atom. The summed E-state index contributed by atoms with van der Waals surface area (Å²) in [5.41, 5.74) is -1.19. The van der Waals surface area contributed by atoms with Crippen molar-refractivity contribution < 1.29 is 24.1 Å². The van der Waals surface area contributed by atoms with Crippen molar-refractivity contribution in [3.63, 3.8) is 0 Å². The van der Waals surface area contributed by atoms with Crippen LogP contribution in [0.1, 0.15) is 39.0 Å². The number of ether oxygens (including phenoxy) is 4. The maximum absolute atomic E-state index is 12.3. The van der Waals surface area contributed by atoms with Crippen molar-refractivity contribution in [3.05, 3.63) is 23.7 Å². The van der Waals surface area contributed by atoms with Crippen molar-refractivity contribution in [1.82, 2.24) is 4.90 Å². The van der Waals surface area contributed by atoms with Gasteiger partial charge in [0.05, 0.1) is 30.8 Å². The highest BCUT2D eigenvalue weighted by atomic mass is 16.7. The molecule has 5 fully saturated rings. The lowest BCUT2D eigenvalue weighted by Gasteiger charge is -2.68. The van der Waals surface area contributed by atoms with Crippen molar-refractivity contribution in [3.8, 4) is 0 Å². The van der Waals surface area contributed by atoms with Gasteiger partial charge in [-0.2, -0.15) is 0 Å². The molecule has 6 aliphatic rings. The molecule has 6 rings (SSSR count). The first kappa shape index (κ1) is 17.8. The zero-order chi connectivity index (χ0) is 19.3. The Kier molecular flexibility index (Phi) is 3.51. The monoisotopic (exact) mass is 389 g/mol. The predicted octanol–water partition coefficient (Wildman–Crippen LogP) is 2.19. The molecular weight excluding hydrogens is 358 g/mol. The van der Waals surface area contributed by atoms with Crippen molar-refractivity contribution >= 4 is 0 Å². The molecule has 3 heterocycles. The van der Waals surface area contributed by atoms with Crippen molar-refractivity contribution in [2.24, 2.45) is 17.3 Å². The number of nitrogens with zero attached hydrogens (tertiary/aromatic N) is 1. The van der Waals surface area contributed by atoms with Gasteiger partial charge in [0.1, 0.15) is 5.76 Å². The van der Waals surface area contributed by atoms with Crippen LogP contribution in [-0.4, -0.2) is 67.0 Å². The van der Waals surface area contributed by atoms with Crippen molar-refractivity contribution in [1.29, 1.82) is 0 Å². The predicted molar refractivity (Wildman–Crippen MR) is 101 cm³/mol. The van der Waals surface area contributed by atoms with Crippen LogP contribution in [0.15, 0.2) is 23.7 Å². The molecule has 8 atom stereocenters. The summed E-state index contributed by atoms with van der Waals surface area (Å²) in [6.07, 6.45) is 8.28. The van der Waals surface area contributed by atoms with Gasteiger partial charge in [-0.1, -0.05) is 6.08 Å². The summed E-state index contributed by atoms with van der Waals surface area (Å²) < 4.78 is 25.3. The summed E-state index contributed by atoms with van der Waals surface area (Å²) in [5, 5.41) is 12.3. The number of methoxy groups -OCH3 is 1. The molecule has 2 spiro atoms. The van der Waals surface area contributed by atoms with Crippen LogP contribution >= 0.6 is 0 Å². The average molecular weight is 389 g/mol.